The minimum Gasteiger partial charge on any atom is -0.348 e. The third-order valence-electron chi connectivity index (χ3n) is 3.60. The highest BCUT2D eigenvalue weighted by molar-refractivity contribution is 9.10. The molecule has 2 N–H and O–H groups in total. The van der Waals surface area contributed by atoms with Crippen LogP contribution in [0.5, 0.6) is 0 Å². The average molecular weight is 326 g/mol. The highest BCUT2D eigenvalue weighted by atomic mass is 79.9. The zero-order valence-corrected chi connectivity index (χ0v) is 13.2. The van der Waals surface area contributed by atoms with Crippen LogP contribution in [-0.4, -0.2) is 25.5 Å². The second kappa shape index (κ2) is 6.53. The maximum Gasteiger partial charge on any atom is 0.275 e. The summed E-state index contributed by atoms with van der Waals surface area (Å²) < 4.78 is 1.09. The molecule has 1 aromatic carbocycles. The lowest BCUT2D eigenvalue weighted by molar-refractivity contribution is -0.885. The van der Waals surface area contributed by atoms with Crippen molar-refractivity contribution >= 4 is 21.8 Å². The normalized spacial score (nSPS) is 17.8. The van der Waals surface area contributed by atoms with Gasteiger partial charge < -0.3 is 10.2 Å². The number of halogens is 1. The second-order valence-corrected chi connectivity index (χ2v) is 6.55. The Hall–Kier alpha value is -0.870. The molecule has 1 aromatic rings. The number of hydrogen-bond donors (Lipinski definition) is 2. The molecule has 19 heavy (non-hydrogen) atoms. The number of rotatable bonds is 6. The first-order valence-corrected chi connectivity index (χ1v) is 7.69. The molecule has 0 radical (unpaired) electrons. The van der Waals surface area contributed by atoms with E-state index in [-0.39, 0.29) is 5.91 Å². The number of benzene rings is 1. The molecule has 2 rings (SSSR count). The van der Waals surface area contributed by atoms with Crippen LogP contribution in [0.4, 0.5) is 0 Å². The molecular weight excluding hydrogens is 304 g/mol. The number of hydrogen-bond acceptors (Lipinski definition) is 1. The number of carbonyl (C=O) groups is 1. The Morgan fingerprint density at radius 3 is 2.63 bits per heavy atom. The fourth-order valence-electron chi connectivity index (χ4n) is 2.31. The van der Waals surface area contributed by atoms with Crippen LogP contribution in [0.15, 0.2) is 28.7 Å². The molecule has 0 bridgehead atoms. The van der Waals surface area contributed by atoms with Crippen LogP contribution in [0.3, 0.4) is 0 Å². The van der Waals surface area contributed by atoms with E-state index < -0.39 is 0 Å². The molecule has 0 saturated heterocycles. The van der Waals surface area contributed by atoms with Crippen LogP contribution in [0.25, 0.3) is 0 Å². The minimum absolute atomic E-state index is 0.161. The maximum absolute atomic E-state index is 11.9. The molecule has 1 aliphatic carbocycles. The monoisotopic (exact) mass is 325 g/mol. The van der Waals surface area contributed by atoms with E-state index in [4.69, 9.17) is 0 Å². The summed E-state index contributed by atoms with van der Waals surface area (Å²) in [5, 5.41) is 3.10. The lowest BCUT2D eigenvalue weighted by Crippen LogP contribution is -3.09. The van der Waals surface area contributed by atoms with E-state index in [9.17, 15) is 4.79 Å². The van der Waals surface area contributed by atoms with E-state index in [1.54, 1.807) is 0 Å². The van der Waals surface area contributed by atoms with Crippen molar-refractivity contribution in [1.29, 1.82) is 0 Å². The lowest BCUT2D eigenvalue weighted by atomic mass is 10.2. The maximum atomic E-state index is 11.9. The molecule has 0 aromatic heterocycles. The van der Waals surface area contributed by atoms with E-state index in [2.05, 4.69) is 47.4 Å². The topological polar surface area (TPSA) is 33.5 Å². The van der Waals surface area contributed by atoms with Crippen LogP contribution in [0, 0.1) is 5.92 Å². The van der Waals surface area contributed by atoms with Gasteiger partial charge in [-0.15, -0.1) is 0 Å². The Morgan fingerprint density at radius 1 is 1.42 bits per heavy atom. The van der Waals surface area contributed by atoms with Crippen molar-refractivity contribution in [2.75, 3.05) is 13.6 Å². The SMILES string of the molecule is C[C@@H](NC(=O)C[NH+](C)Cc1ccc(Br)cc1)C1CC1. The molecule has 104 valence electrons. The summed E-state index contributed by atoms with van der Waals surface area (Å²) in [6.45, 7) is 3.52. The highest BCUT2D eigenvalue weighted by Gasteiger charge is 2.29. The van der Waals surface area contributed by atoms with Gasteiger partial charge in [-0.1, -0.05) is 28.1 Å². The Kier molecular flexibility index (Phi) is 4.99. The molecular formula is C15H22BrN2O+. The van der Waals surface area contributed by atoms with Gasteiger partial charge in [0.1, 0.15) is 6.54 Å². The molecule has 1 amide bonds. The van der Waals surface area contributed by atoms with Gasteiger partial charge in [-0.3, -0.25) is 4.79 Å². The summed E-state index contributed by atoms with van der Waals surface area (Å²) in [6.07, 6.45) is 2.53. The summed E-state index contributed by atoms with van der Waals surface area (Å²) in [7, 11) is 2.06. The third kappa shape index (κ3) is 4.96. The first-order valence-electron chi connectivity index (χ1n) is 6.89. The van der Waals surface area contributed by atoms with Crippen molar-refractivity contribution < 1.29 is 9.69 Å². The van der Waals surface area contributed by atoms with Gasteiger partial charge in [0.15, 0.2) is 6.54 Å². The minimum atomic E-state index is 0.161. The van der Waals surface area contributed by atoms with Gasteiger partial charge in [-0.05, 0) is 37.8 Å². The fraction of sp³-hybridized carbons (Fsp3) is 0.533. The molecule has 2 atom stereocenters. The standard InChI is InChI=1S/C15H21BrN2O/c1-11(13-5-6-13)17-15(19)10-18(2)9-12-3-7-14(16)8-4-12/h3-4,7-8,11,13H,5-6,9-10H2,1-2H3,(H,17,19)/p+1/t11-/m1/s1. The zero-order chi connectivity index (χ0) is 13.8. The van der Waals surface area contributed by atoms with Gasteiger partial charge in [-0.2, -0.15) is 0 Å². The van der Waals surface area contributed by atoms with E-state index in [1.807, 2.05) is 12.1 Å². The van der Waals surface area contributed by atoms with E-state index in [0.29, 0.717) is 12.6 Å². The summed E-state index contributed by atoms with van der Waals surface area (Å²) in [4.78, 5) is 13.1. The van der Waals surface area contributed by atoms with Gasteiger partial charge in [0.25, 0.3) is 5.91 Å². The lowest BCUT2D eigenvalue weighted by Gasteiger charge is -2.17. The number of carbonyl (C=O) groups excluding carboxylic acids is 1. The van der Waals surface area contributed by atoms with Crippen molar-refractivity contribution in [3.05, 3.63) is 34.3 Å². The Balaban J connectivity index is 1.75. The molecule has 0 heterocycles. The predicted molar refractivity (Wildman–Crippen MR) is 79.9 cm³/mol. The summed E-state index contributed by atoms with van der Waals surface area (Å²) >= 11 is 3.43. The summed E-state index contributed by atoms with van der Waals surface area (Å²) in [5.41, 5.74) is 1.25. The Morgan fingerprint density at radius 2 is 2.05 bits per heavy atom. The summed E-state index contributed by atoms with van der Waals surface area (Å²) in [6, 6.07) is 8.61. The first kappa shape index (κ1) is 14.5. The van der Waals surface area contributed by atoms with E-state index in [0.717, 1.165) is 16.9 Å². The number of likely N-dealkylation sites (N-methyl/N-ethyl adjacent to an activating group) is 1. The third-order valence-corrected chi connectivity index (χ3v) is 4.13. The average Bonchev–Trinajstić information content (AvgIpc) is 3.15. The molecule has 3 nitrogen and oxygen atoms in total. The van der Waals surface area contributed by atoms with Gasteiger partial charge in [0, 0.05) is 16.1 Å². The molecule has 4 heteroatoms. The fourth-order valence-corrected chi connectivity index (χ4v) is 2.57. The van der Waals surface area contributed by atoms with Crippen LogP contribution in [0.1, 0.15) is 25.3 Å². The molecule has 0 aliphatic heterocycles. The largest absolute Gasteiger partial charge is 0.348 e. The highest BCUT2D eigenvalue weighted by Crippen LogP contribution is 2.32. The van der Waals surface area contributed by atoms with Crippen LogP contribution < -0.4 is 10.2 Å². The van der Waals surface area contributed by atoms with Gasteiger partial charge in [0.05, 0.1) is 7.05 Å². The quantitative estimate of drug-likeness (QED) is 0.814. The summed E-state index contributed by atoms with van der Waals surface area (Å²) in [5.74, 6) is 0.879. The Bertz CT molecular complexity index is 428. The number of quaternary nitrogens is 1. The van der Waals surface area contributed by atoms with Gasteiger partial charge >= 0.3 is 0 Å². The van der Waals surface area contributed by atoms with Crippen molar-refractivity contribution in [1.82, 2.24) is 5.32 Å². The molecule has 1 aliphatic rings. The van der Waals surface area contributed by atoms with Crippen LogP contribution in [0.2, 0.25) is 0 Å². The predicted octanol–water partition coefficient (Wildman–Crippen LogP) is 1.38. The molecule has 0 spiro atoms. The van der Waals surface area contributed by atoms with Crippen LogP contribution in [-0.2, 0) is 11.3 Å². The van der Waals surface area contributed by atoms with E-state index >= 15 is 0 Å². The first-order chi connectivity index (χ1) is 9.04. The number of nitrogens with one attached hydrogen (secondary N) is 2. The molecule has 1 fully saturated rings. The van der Waals surface area contributed by atoms with E-state index in [1.165, 1.54) is 23.3 Å². The van der Waals surface area contributed by atoms with Crippen molar-refractivity contribution in [2.24, 2.45) is 5.92 Å². The Labute approximate surface area is 123 Å². The van der Waals surface area contributed by atoms with Crippen molar-refractivity contribution in [3.8, 4) is 0 Å². The smallest absolute Gasteiger partial charge is 0.275 e. The zero-order valence-electron chi connectivity index (χ0n) is 11.6. The second-order valence-electron chi connectivity index (χ2n) is 5.63. The van der Waals surface area contributed by atoms with Crippen LogP contribution >= 0.6 is 15.9 Å². The van der Waals surface area contributed by atoms with Gasteiger partial charge in [-0.25, -0.2) is 0 Å². The number of amides is 1. The molecule has 1 unspecified atom stereocenters. The van der Waals surface area contributed by atoms with Gasteiger partial charge in [0.2, 0.25) is 0 Å². The van der Waals surface area contributed by atoms with Crippen molar-refractivity contribution in [2.45, 2.75) is 32.4 Å². The molecule has 1 saturated carbocycles. The van der Waals surface area contributed by atoms with Crippen molar-refractivity contribution in [3.63, 3.8) is 0 Å².